The highest BCUT2D eigenvalue weighted by Gasteiger charge is 2.20. The smallest absolute Gasteiger partial charge is 0.310 e. The summed E-state index contributed by atoms with van der Waals surface area (Å²) in [6.07, 6.45) is -2.99. The lowest BCUT2D eigenvalue weighted by molar-refractivity contribution is -0.142. The zero-order chi connectivity index (χ0) is 13.7. The molecule has 0 aliphatic rings. The van der Waals surface area contributed by atoms with E-state index in [0.29, 0.717) is 5.56 Å². The standard InChI is InChI=1S/C11H11BrClF2NO2/c1-2-18-8(17)4-6-3-7(5-13)10(12)16-9(6)11(14)15/h3,11H,2,4-5H2,1H3. The first kappa shape index (κ1) is 15.3. The highest BCUT2D eigenvalue weighted by Crippen LogP contribution is 2.27. The van der Waals surface area contributed by atoms with Gasteiger partial charge in [0.25, 0.3) is 6.43 Å². The lowest BCUT2D eigenvalue weighted by atomic mass is 10.1. The highest BCUT2D eigenvalue weighted by molar-refractivity contribution is 9.10. The van der Waals surface area contributed by atoms with Crippen LogP contribution in [0, 0.1) is 0 Å². The molecule has 1 rings (SSSR count). The predicted molar refractivity (Wildman–Crippen MR) is 66.8 cm³/mol. The van der Waals surface area contributed by atoms with Crippen molar-refractivity contribution in [3.05, 3.63) is 27.5 Å². The Labute approximate surface area is 117 Å². The molecule has 0 aliphatic heterocycles. The first-order chi connectivity index (χ1) is 8.49. The Morgan fingerprint density at radius 2 is 2.22 bits per heavy atom. The van der Waals surface area contributed by atoms with Crippen LogP contribution in [0.15, 0.2) is 10.7 Å². The lowest BCUT2D eigenvalue weighted by Gasteiger charge is -2.10. The van der Waals surface area contributed by atoms with E-state index in [0.717, 1.165) is 0 Å². The van der Waals surface area contributed by atoms with Crippen LogP contribution in [0.4, 0.5) is 8.78 Å². The van der Waals surface area contributed by atoms with Crippen LogP contribution in [0.5, 0.6) is 0 Å². The molecule has 100 valence electrons. The molecule has 0 aliphatic carbocycles. The van der Waals surface area contributed by atoms with E-state index < -0.39 is 18.1 Å². The summed E-state index contributed by atoms with van der Waals surface area (Å²) >= 11 is 8.72. The first-order valence-corrected chi connectivity index (χ1v) is 6.50. The monoisotopic (exact) mass is 341 g/mol. The summed E-state index contributed by atoms with van der Waals surface area (Å²) in [5.41, 5.74) is 0.270. The Balaban J connectivity index is 3.10. The van der Waals surface area contributed by atoms with Crippen molar-refractivity contribution in [1.29, 1.82) is 0 Å². The van der Waals surface area contributed by atoms with Gasteiger partial charge in [0, 0.05) is 5.56 Å². The van der Waals surface area contributed by atoms with Crippen molar-refractivity contribution in [2.45, 2.75) is 25.7 Å². The summed E-state index contributed by atoms with van der Waals surface area (Å²) in [6.45, 7) is 1.85. The fourth-order valence-electron chi connectivity index (χ4n) is 1.38. The Hall–Kier alpha value is -0.750. The predicted octanol–water partition coefficient (Wildman–Crippen LogP) is 3.63. The third-order valence-corrected chi connectivity index (χ3v) is 3.13. The Bertz CT molecular complexity index is 443. The number of aromatic nitrogens is 1. The summed E-state index contributed by atoms with van der Waals surface area (Å²) < 4.78 is 30.6. The van der Waals surface area contributed by atoms with E-state index in [9.17, 15) is 13.6 Å². The molecule has 1 aromatic heterocycles. The molecule has 0 N–H and O–H groups in total. The fourth-order valence-corrected chi connectivity index (χ4v) is 2.20. The van der Waals surface area contributed by atoms with Gasteiger partial charge in [-0.1, -0.05) is 0 Å². The minimum atomic E-state index is -2.75. The fraction of sp³-hybridized carbons (Fsp3) is 0.455. The van der Waals surface area contributed by atoms with Crippen LogP contribution in [-0.4, -0.2) is 17.6 Å². The SMILES string of the molecule is CCOC(=O)Cc1cc(CCl)c(Br)nc1C(F)F. The van der Waals surface area contributed by atoms with Crippen molar-refractivity contribution >= 4 is 33.5 Å². The number of alkyl halides is 3. The normalized spacial score (nSPS) is 10.8. The zero-order valence-corrected chi connectivity index (χ0v) is 11.9. The second-order valence-electron chi connectivity index (χ2n) is 3.40. The molecule has 0 fully saturated rings. The number of esters is 1. The maximum Gasteiger partial charge on any atom is 0.310 e. The number of rotatable bonds is 5. The summed E-state index contributed by atoms with van der Waals surface area (Å²) in [6, 6.07) is 1.45. The molecular formula is C11H11BrClF2NO2. The molecule has 3 nitrogen and oxygen atoms in total. The van der Waals surface area contributed by atoms with Gasteiger partial charge in [0.1, 0.15) is 10.3 Å². The van der Waals surface area contributed by atoms with Crippen molar-refractivity contribution in [3.8, 4) is 0 Å². The quantitative estimate of drug-likeness (QED) is 0.466. The molecule has 0 saturated carbocycles. The van der Waals surface area contributed by atoms with Gasteiger partial charge < -0.3 is 4.74 Å². The number of carbonyl (C=O) groups excluding carboxylic acids is 1. The van der Waals surface area contributed by atoms with Gasteiger partial charge in [-0.3, -0.25) is 4.79 Å². The van der Waals surface area contributed by atoms with Gasteiger partial charge in [-0.2, -0.15) is 0 Å². The minimum absolute atomic E-state index is 0.118. The molecular weight excluding hydrogens is 331 g/mol. The Morgan fingerprint density at radius 1 is 1.56 bits per heavy atom. The topological polar surface area (TPSA) is 39.2 Å². The van der Waals surface area contributed by atoms with Crippen LogP contribution >= 0.6 is 27.5 Å². The van der Waals surface area contributed by atoms with E-state index in [2.05, 4.69) is 20.9 Å². The third kappa shape index (κ3) is 3.88. The van der Waals surface area contributed by atoms with Crippen LogP contribution in [0.1, 0.15) is 30.2 Å². The van der Waals surface area contributed by atoms with Gasteiger partial charge >= 0.3 is 5.97 Å². The van der Waals surface area contributed by atoms with Gasteiger partial charge in [-0.25, -0.2) is 13.8 Å². The van der Waals surface area contributed by atoms with Crippen LogP contribution < -0.4 is 0 Å². The van der Waals surface area contributed by atoms with Gasteiger partial charge in [0.15, 0.2) is 0 Å². The lowest BCUT2D eigenvalue weighted by Crippen LogP contribution is -2.11. The van der Waals surface area contributed by atoms with Crippen LogP contribution in [0.3, 0.4) is 0 Å². The molecule has 7 heteroatoms. The number of pyridine rings is 1. The number of carbonyl (C=O) groups is 1. The summed E-state index contributed by atoms with van der Waals surface area (Å²) in [4.78, 5) is 15.1. The number of halogens is 4. The largest absolute Gasteiger partial charge is 0.466 e. The van der Waals surface area contributed by atoms with Gasteiger partial charge in [0.2, 0.25) is 0 Å². The number of hydrogen-bond donors (Lipinski definition) is 0. The minimum Gasteiger partial charge on any atom is -0.466 e. The van der Waals surface area contributed by atoms with Crippen molar-refractivity contribution in [2.75, 3.05) is 6.61 Å². The van der Waals surface area contributed by atoms with E-state index in [1.807, 2.05) is 0 Å². The molecule has 0 amide bonds. The van der Waals surface area contributed by atoms with E-state index >= 15 is 0 Å². The van der Waals surface area contributed by atoms with Gasteiger partial charge in [0.05, 0.1) is 18.9 Å². The van der Waals surface area contributed by atoms with Crippen molar-refractivity contribution < 1.29 is 18.3 Å². The van der Waals surface area contributed by atoms with Gasteiger partial charge in [-0.15, -0.1) is 11.6 Å². The number of hydrogen-bond acceptors (Lipinski definition) is 3. The second-order valence-corrected chi connectivity index (χ2v) is 4.42. The highest BCUT2D eigenvalue weighted by atomic mass is 79.9. The molecule has 1 heterocycles. The molecule has 0 saturated heterocycles. The molecule has 0 bridgehead atoms. The summed E-state index contributed by atoms with van der Waals surface area (Å²) in [5.74, 6) is -0.448. The number of nitrogens with zero attached hydrogens (tertiary/aromatic N) is 1. The van der Waals surface area contributed by atoms with Crippen LogP contribution in [-0.2, 0) is 21.8 Å². The molecule has 1 aromatic rings. The average Bonchev–Trinajstić information content (AvgIpc) is 2.30. The van der Waals surface area contributed by atoms with Crippen LogP contribution in [0.25, 0.3) is 0 Å². The first-order valence-electron chi connectivity index (χ1n) is 5.17. The van der Waals surface area contributed by atoms with Crippen molar-refractivity contribution in [3.63, 3.8) is 0 Å². The van der Waals surface area contributed by atoms with E-state index in [-0.39, 0.29) is 29.1 Å². The molecule has 0 aromatic carbocycles. The van der Waals surface area contributed by atoms with Crippen molar-refractivity contribution in [1.82, 2.24) is 4.98 Å². The molecule has 0 unspecified atom stereocenters. The van der Waals surface area contributed by atoms with Crippen LogP contribution in [0.2, 0.25) is 0 Å². The second kappa shape index (κ2) is 6.99. The number of ether oxygens (including phenoxy) is 1. The molecule has 0 radical (unpaired) electrons. The van der Waals surface area contributed by atoms with Gasteiger partial charge in [-0.05, 0) is 34.5 Å². The summed E-state index contributed by atoms with van der Waals surface area (Å²) in [7, 11) is 0. The average molecular weight is 343 g/mol. The van der Waals surface area contributed by atoms with E-state index in [1.54, 1.807) is 6.92 Å². The Morgan fingerprint density at radius 3 is 2.72 bits per heavy atom. The summed E-state index contributed by atoms with van der Waals surface area (Å²) in [5, 5.41) is 0. The zero-order valence-electron chi connectivity index (χ0n) is 9.55. The maximum atomic E-state index is 12.8. The molecule has 0 atom stereocenters. The van der Waals surface area contributed by atoms with E-state index in [1.165, 1.54) is 6.07 Å². The van der Waals surface area contributed by atoms with E-state index in [4.69, 9.17) is 16.3 Å². The maximum absolute atomic E-state index is 12.8. The Kier molecular flexibility index (Phi) is 5.95. The third-order valence-electron chi connectivity index (χ3n) is 2.15. The van der Waals surface area contributed by atoms with Crippen molar-refractivity contribution in [2.24, 2.45) is 0 Å². The molecule has 0 spiro atoms. The molecule has 18 heavy (non-hydrogen) atoms.